The van der Waals surface area contributed by atoms with Gasteiger partial charge in [0.1, 0.15) is 0 Å². The van der Waals surface area contributed by atoms with Crippen molar-refractivity contribution < 1.29 is 9.53 Å². The summed E-state index contributed by atoms with van der Waals surface area (Å²) in [7, 11) is 0. The Hall–Kier alpha value is -1.51. The first kappa shape index (κ1) is 12.0. The van der Waals surface area contributed by atoms with E-state index in [0.29, 0.717) is 11.6 Å². The van der Waals surface area contributed by atoms with Crippen molar-refractivity contribution in [2.45, 2.75) is 45.3 Å². The van der Waals surface area contributed by atoms with E-state index in [4.69, 9.17) is 4.74 Å². The van der Waals surface area contributed by atoms with Gasteiger partial charge in [0.25, 0.3) is 0 Å². The predicted molar refractivity (Wildman–Crippen MR) is 68.3 cm³/mol. The molecule has 0 amide bonds. The average molecular weight is 233 g/mol. The second-order valence-corrected chi connectivity index (χ2v) is 4.80. The number of rotatable bonds is 4. The molecule has 1 aliphatic carbocycles. The maximum atomic E-state index is 11.6. The van der Waals surface area contributed by atoms with Gasteiger partial charge in [-0.1, -0.05) is 0 Å². The molecule has 2 rings (SSSR count). The molecule has 0 saturated heterocycles. The van der Waals surface area contributed by atoms with Crippen LogP contribution < -0.4 is 5.32 Å². The van der Waals surface area contributed by atoms with Crippen LogP contribution in [0.15, 0.2) is 24.3 Å². The Morgan fingerprint density at radius 1 is 1.29 bits per heavy atom. The van der Waals surface area contributed by atoms with Crippen molar-refractivity contribution in [2.24, 2.45) is 0 Å². The number of ether oxygens (including phenoxy) is 1. The van der Waals surface area contributed by atoms with E-state index in [1.807, 2.05) is 38.1 Å². The van der Waals surface area contributed by atoms with Crippen LogP contribution in [0, 0.1) is 0 Å². The van der Waals surface area contributed by atoms with Crippen molar-refractivity contribution in [3.05, 3.63) is 29.8 Å². The molecule has 17 heavy (non-hydrogen) atoms. The van der Waals surface area contributed by atoms with E-state index >= 15 is 0 Å². The second-order valence-electron chi connectivity index (χ2n) is 4.80. The summed E-state index contributed by atoms with van der Waals surface area (Å²) in [6, 6.07) is 8.12. The highest BCUT2D eigenvalue weighted by molar-refractivity contribution is 5.89. The Balaban J connectivity index is 1.94. The number of carbonyl (C=O) groups excluding carboxylic acids is 1. The smallest absolute Gasteiger partial charge is 0.338 e. The molecule has 0 heterocycles. The zero-order valence-electron chi connectivity index (χ0n) is 10.4. The molecular weight excluding hydrogens is 214 g/mol. The third kappa shape index (κ3) is 3.22. The molecule has 0 radical (unpaired) electrons. The van der Waals surface area contributed by atoms with Crippen LogP contribution in [-0.4, -0.2) is 18.1 Å². The summed E-state index contributed by atoms with van der Waals surface area (Å²) in [5, 5.41) is 3.43. The normalized spacial score (nSPS) is 15.5. The summed E-state index contributed by atoms with van der Waals surface area (Å²) >= 11 is 0. The van der Waals surface area contributed by atoms with Gasteiger partial charge in [-0.15, -0.1) is 0 Å². The van der Waals surface area contributed by atoms with Gasteiger partial charge < -0.3 is 10.1 Å². The van der Waals surface area contributed by atoms with Gasteiger partial charge in [-0.05, 0) is 57.4 Å². The minimum Gasteiger partial charge on any atom is -0.459 e. The van der Waals surface area contributed by atoms with Gasteiger partial charge in [-0.2, -0.15) is 0 Å². The molecule has 0 spiro atoms. The highest BCUT2D eigenvalue weighted by atomic mass is 16.5. The predicted octanol–water partition coefficient (Wildman–Crippen LogP) is 3.22. The molecule has 3 nitrogen and oxygen atoms in total. The molecular formula is C14H19NO2. The van der Waals surface area contributed by atoms with Gasteiger partial charge in [0, 0.05) is 11.7 Å². The average Bonchev–Trinajstić information content (AvgIpc) is 2.23. The number of hydrogen-bond acceptors (Lipinski definition) is 3. The van der Waals surface area contributed by atoms with Crippen LogP contribution in [0.3, 0.4) is 0 Å². The van der Waals surface area contributed by atoms with Gasteiger partial charge in [-0.25, -0.2) is 4.79 Å². The Bertz CT molecular complexity index is 380. The first-order chi connectivity index (χ1) is 8.15. The summed E-state index contributed by atoms with van der Waals surface area (Å²) in [6.07, 6.45) is 3.74. The van der Waals surface area contributed by atoms with E-state index in [1.165, 1.54) is 19.3 Å². The van der Waals surface area contributed by atoms with Crippen LogP contribution in [0.25, 0.3) is 0 Å². The maximum Gasteiger partial charge on any atom is 0.338 e. The minimum absolute atomic E-state index is 0.0738. The van der Waals surface area contributed by atoms with Crippen LogP contribution in [0.1, 0.15) is 43.5 Å². The fraction of sp³-hybridized carbons (Fsp3) is 0.500. The van der Waals surface area contributed by atoms with Gasteiger partial charge >= 0.3 is 5.97 Å². The lowest BCUT2D eigenvalue weighted by molar-refractivity contribution is 0.0378. The SMILES string of the molecule is CC(C)OC(=O)c1ccc(NC2CCC2)cc1. The number of carbonyl (C=O) groups is 1. The van der Waals surface area contributed by atoms with Gasteiger partial charge in [0.15, 0.2) is 0 Å². The molecule has 0 aromatic heterocycles. The van der Waals surface area contributed by atoms with E-state index in [1.54, 1.807) is 0 Å². The van der Waals surface area contributed by atoms with Crippen LogP contribution in [0.4, 0.5) is 5.69 Å². The molecule has 3 heteroatoms. The van der Waals surface area contributed by atoms with Crippen molar-refractivity contribution in [1.29, 1.82) is 0 Å². The number of nitrogens with one attached hydrogen (secondary N) is 1. The lowest BCUT2D eigenvalue weighted by Crippen LogP contribution is -2.26. The Morgan fingerprint density at radius 2 is 1.94 bits per heavy atom. The van der Waals surface area contributed by atoms with Crippen LogP contribution >= 0.6 is 0 Å². The van der Waals surface area contributed by atoms with Gasteiger partial charge in [-0.3, -0.25) is 0 Å². The molecule has 0 atom stereocenters. The van der Waals surface area contributed by atoms with E-state index in [2.05, 4.69) is 5.32 Å². The van der Waals surface area contributed by atoms with Crippen LogP contribution in [0.2, 0.25) is 0 Å². The van der Waals surface area contributed by atoms with Crippen molar-refractivity contribution in [1.82, 2.24) is 0 Å². The van der Waals surface area contributed by atoms with E-state index in [0.717, 1.165) is 5.69 Å². The fourth-order valence-electron chi connectivity index (χ4n) is 1.77. The first-order valence-electron chi connectivity index (χ1n) is 6.23. The fourth-order valence-corrected chi connectivity index (χ4v) is 1.77. The lowest BCUT2D eigenvalue weighted by Gasteiger charge is -2.27. The molecule has 92 valence electrons. The molecule has 1 aromatic rings. The number of hydrogen-bond donors (Lipinski definition) is 1. The number of esters is 1. The van der Waals surface area contributed by atoms with E-state index in [-0.39, 0.29) is 12.1 Å². The third-order valence-electron chi connectivity index (χ3n) is 2.94. The molecule has 0 unspecified atom stereocenters. The van der Waals surface area contributed by atoms with E-state index < -0.39 is 0 Å². The van der Waals surface area contributed by atoms with Crippen molar-refractivity contribution in [2.75, 3.05) is 5.32 Å². The van der Waals surface area contributed by atoms with Gasteiger partial charge in [0.05, 0.1) is 11.7 Å². The molecule has 1 aromatic carbocycles. The second kappa shape index (κ2) is 5.21. The molecule has 1 N–H and O–H groups in total. The minimum atomic E-state index is -0.254. The molecule has 1 aliphatic rings. The van der Waals surface area contributed by atoms with E-state index in [9.17, 15) is 4.79 Å². The summed E-state index contributed by atoms with van der Waals surface area (Å²) in [5.41, 5.74) is 1.69. The Kier molecular flexibility index (Phi) is 3.67. The molecule has 0 aliphatic heterocycles. The largest absolute Gasteiger partial charge is 0.459 e. The monoisotopic (exact) mass is 233 g/mol. The van der Waals surface area contributed by atoms with Crippen molar-refractivity contribution in [3.63, 3.8) is 0 Å². The maximum absolute atomic E-state index is 11.6. The van der Waals surface area contributed by atoms with Crippen molar-refractivity contribution in [3.8, 4) is 0 Å². The number of anilines is 1. The highest BCUT2D eigenvalue weighted by Gasteiger charge is 2.16. The van der Waals surface area contributed by atoms with Crippen LogP contribution in [0.5, 0.6) is 0 Å². The Morgan fingerprint density at radius 3 is 2.41 bits per heavy atom. The quantitative estimate of drug-likeness (QED) is 0.811. The number of benzene rings is 1. The van der Waals surface area contributed by atoms with Crippen molar-refractivity contribution >= 4 is 11.7 Å². The zero-order valence-corrected chi connectivity index (χ0v) is 10.4. The summed E-state index contributed by atoms with van der Waals surface area (Å²) in [5.74, 6) is -0.254. The standard InChI is InChI=1S/C14H19NO2/c1-10(2)17-14(16)11-6-8-13(9-7-11)15-12-4-3-5-12/h6-10,12,15H,3-5H2,1-2H3. The lowest BCUT2D eigenvalue weighted by atomic mass is 9.93. The summed E-state index contributed by atoms with van der Waals surface area (Å²) in [4.78, 5) is 11.6. The molecule has 1 fully saturated rings. The van der Waals surface area contributed by atoms with Crippen LogP contribution in [-0.2, 0) is 4.74 Å². The third-order valence-corrected chi connectivity index (χ3v) is 2.94. The Labute approximate surface area is 102 Å². The first-order valence-corrected chi connectivity index (χ1v) is 6.23. The zero-order chi connectivity index (χ0) is 12.3. The molecule has 1 saturated carbocycles. The molecule has 0 bridgehead atoms. The summed E-state index contributed by atoms with van der Waals surface area (Å²) < 4.78 is 5.13. The summed E-state index contributed by atoms with van der Waals surface area (Å²) in [6.45, 7) is 3.70. The van der Waals surface area contributed by atoms with Gasteiger partial charge in [0.2, 0.25) is 0 Å². The topological polar surface area (TPSA) is 38.3 Å². The highest BCUT2D eigenvalue weighted by Crippen LogP contribution is 2.23.